The van der Waals surface area contributed by atoms with E-state index in [0.717, 1.165) is 11.3 Å². The zero-order valence-electron chi connectivity index (χ0n) is 10.6. The molecule has 1 N–H and O–H groups in total. The van der Waals surface area contributed by atoms with Crippen LogP contribution in [-0.4, -0.2) is 9.67 Å². The number of aliphatic hydroxyl groups excluding tert-OH is 1. The highest BCUT2D eigenvalue weighted by molar-refractivity contribution is 5.35. The molecule has 0 saturated carbocycles. The highest BCUT2D eigenvalue weighted by Crippen LogP contribution is 2.29. The largest absolute Gasteiger partial charge is 0.382 e. The molecular formula is C15H19NO. The topological polar surface area (TPSA) is 25.2 Å². The number of aliphatic hydroxyl groups is 1. The van der Waals surface area contributed by atoms with Gasteiger partial charge in [0, 0.05) is 13.2 Å². The fourth-order valence-electron chi connectivity index (χ4n) is 2.20. The number of hydrogen-bond donors (Lipinski definition) is 1. The van der Waals surface area contributed by atoms with E-state index in [2.05, 4.69) is 19.9 Å². The van der Waals surface area contributed by atoms with Crippen LogP contribution in [0.2, 0.25) is 0 Å². The van der Waals surface area contributed by atoms with Crippen molar-refractivity contribution >= 4 is 0 Å². The van der Waals surface area contributed by atoms with Crippen LogP contribution >= 0.6 is 0 Å². The van der Waals surface area contributed by atoms with Gasteiger partial charge in [0.05, 0.1) is 5.69 Å². The fourth-order valence-corrected chi connectivity index (χ4v) is 2.20. The van der Waals surface area contributed by atoms with E-state index >= 15 is 0 Å². The number of aromatic nitrogens is 1. The van der Waals surface area contributed by atoms with Gasteiger partial charge in [-0.1, -0.05) is 38.1 Å². The average Bonchev–Trinajstić information content (AvgIpc) is 2.74. The lowest BCUT2D eigenvalue weighted by Crippen LogP contribution is -2.08. The molecule has 1 aromatic carbocycles. The molecule has 0 amide bonds. The molecule has 1 heterocycles. The van der Waals surface area contributed by atoms with Crippen LogP contribution < -0.4 is 0 Å². The Bertz CT molecular complexity index is 499. The summed E-state index contributed by atoms with van der Waals surface area (Å²) < 4.78 is 1.96. The summed E-state index contributed by atoms with van der Waals surface area (Å²) in [6.45, 7) is 4.30. The number of aryl methyl sites for hydroxylation is 1. The lowest BCUT2D eigenvalue weighted by Gasteiger charge is -2.18. The molecule has 0 aliphatic heterocycles. The van der Waals surface area contributed by atoms with Crippen molar-refractivity contribution in [3.63, 3.8) is 0 Å². The molecule has 17 heavy (non-hydrogen) atoms. The van der Waals surface area contributed by atoms with Crippen LogP contribution in [0.3, 0.4) is 0 Å². The van der Waals surface area contributed by atoms with Crippen LogP contribution in [0.15, 0.2) is 42.6 Å². The third-order valence-corrected chi connectivity index (χ3v) is 3.18. The van der Waals surface area contributed by atoms with E-state index in [-0.39, 0.29) is 0 Å². The maximum atomic E-state index is 10.5. The standard InChI is InChI=1S/C15H19NO/c1-11(2)12-7-4-5-8-13(12)15(17)14-9-6-10-16(14)3/h4-11,15,17H,1-3H3. The van der Waals surface area contributed by atoms with E-state index in [1.165, 1.54) is 5.56 Å². The molecule has 2 aromatic rings. The fraction of sp³-hybridized carbons (Fsp3) is 0.333. The Kier molecular flexibility index (Phi) is 3.34. The first-order chi connectivity index (χ1) is 8.11. The lowest BCUT2D eigenvalue weighted by atomic mass is 9.93. The Morgan fingerprint density at radius 2 is 1.65 bits per heavy atom. The SMILES string of the molecule is CC(C)c1ccccc1C(O)c1cccn1C. The van der Waals surface area contributed by atoms with E-state index in [9.17, 15) is 5.11 Å². The van der Waals surface area contributed by atoms with Crippen LogP contribution in [0, 0.1) is 0 Å². The predicted octanol–water partition coefficient (Wildman–Crippen LogP) is 3.23. The zero-order chi connectivity index (χ0) is 12.4. The van der Waals surface area contributed by atoms with Crippen LogP contribution in [0.5, 0.6) is 0 Å². The van der Waals surface area contributed by atoms with Gasteiger partial charge in [-0.05, 0) is 29.2 Å². The van der Waals surface area contributed by atoms with Gasteiger partial charge < -0.3 is 9.67 Å². The molecule has 2 rings (SSSR count). The second-order valence-corrected chi connectivity index (χ2v) is 4.73. The maximum absolute atomic E-state index is 10.5. The number of nitrogens with zero attached hydrogens (tertiary/aromatic N) is 1. The summed E-state index contributed by atoms with van der Waals surface area (Å²) in [7, 11) is 1.95. The van der Waals surface area contributed by atoms with E-state index in [1.807, 2.05) is 48.1 Å². The predicted molar refractivity (Wildman–Crippen MR) is 70.0 cm³/mol. The average molecular weight is 229 g/mol. The Morgan fingerprint density at radius 1 is 1.00 bits per heavy atom. The first kappa shape index (κ1) is 11.9. The van der Waals surface area contributed by atoms with Crippen molar-refractivity contribution in [1.29, 1.82) is 0 Å². The van der Waals surface area contributed by atoms with E-state index in [1.54, 1.807) is 0 Å². The molecule has 0 fully saturated rings. The summed E-state index contributed by atoms with van der Waals surface area (Å²) >= 11 is 0. The van der Waals surface area contributed by atoms with Gasteiger partial charge in [-0.15, -0.1) is 0 Å². The minimum Gasteiger partial charge on any atom is -0.382 e. The molecule has 90 valence electrons. The quantitative estimate of drug-likeness (QED) is 0.858. The van der Waals surface area contributed by atoms with Gasteiger partial charge in [0.15, 0.2) is 0 Å². The van der Waals surface area contributed by atoms with Gasteiger partial charge in [-0.25, -0.2) is 0 Å². The van der Waals surface area contributed by atoms with Gasteiger partial charge in [0.2, 0.25) is 0 Å². The Labute approximate surface area is 103 Å². The van der Waals surface area contributed by atoms with E-state index < -0.39 is 6.10 Å². The first-order valence-corrected chi connectivity index (χ1v) is 5.99. The summed E-state index contributed by atoms with van der Waals surface area (Å²) in [5.41, 5.74) is 3.14. The van der Waals surface area contributed by atoms with Crippen LogP contribution in [0.4, 0.5) is 0 Å². The minimum atomic E-state index is -0.548. The molecule has 0 aliphatic carbocycles. The second kappa shape index (κ2) is 4.76. The van der Waals surface area contributed by atoms with Gasteiger partial charge in [0.1, 0.15) is 6.10 Å². The lowest BCUT2D eigenvalue weighted by molar-refractivity contribution is 0.210. The Morgan fingerprint density at radius 3 is 2.18 bits per heavy atom. The third-order valence-electron chi connectivity index (χ3n) is 3.18. The molecule has 0 spiro atoms. The highest BCUT2D eigenvalue weighted by atomic mass is 16.3. The molecule has 1 aromatic heterocycles. The molecule has 0 bridgehead atoms. The first-order valence-electron chi connectivity index (χ1n) is 5.99. The molecule has 0 aliphatic rings. The van der Waals surface area contributed by atoms with Crippen molar-refractivity contribution in [3.8, 4) is 0 Å². The molecule has 0 radical (unpaired) electrons. The number of benzene rings is 1. The van der Waals surface area contributed by atoms with Crippen molar-refractivity contribution < 1.29 is 5.11 Å². The van der Waals surface area contributed by atoms with Crippen LogP contribution in [0.1, 0.15) is 42.7 Å². The van der Waals surface area contributed by atoms with Crippen molar-refractivity contribution in [2.45, 2.75) is 25.9 Å². The second-order valence-electron chi connectivity index (χ2n) is 4.73. The van der Waals surface area contributed by atoms with Crippen LogP contribution in [0.25, 0.3) is 0 Å². The molecule has 1 atom stereocenters. The molecule has 0 saturated heterocycles. The summed E-state index contributed by atoms with van der Waals surface area (Å²) in [5, 5.41) is 10.5. The van der Waals surface area contributed by atoms with E-state index in [0.29, 0.717) is 5.92 Å². The Balaban J connectivity index is 2.44. The summed E-state index contributed by atoms with van der Waals surface area (Å²) in [4.78, 5) is 0. The van der Waals surface area contributed by atoms with Gasteiger partial charge in [0.25, 0.3) is 0 Å². The van der Waals surface area contributed by atoms with Gasteiger partial charge in [-0.2, -0.15) is 0 Å². The minimum absolute atomic E-state index is 0.418. The Hall–Kier alpha value is -1.54. The molecule has 2 nitrogen and oxygen atoms in total. The molecular weight excluding hydrogens is 210 g/mol. The normalized spacial score (nSPS) is 13.0. The van der Waals surface area contributed by atoms with E-state index in [4.69, 9.17) is 0 Å². The smallest absolute Gasteiger partial charge is 0.119 e. The van der Waals surface area contributed by atoms with Crippen molar-refractivity contribution in [2.24, 2.45) is 7.05 Å². The van der Waals surface area contributed by atoms with Gasteiger partial charge >= 0.3 is 0 Å². The molecule has 1 unspecified atom stereocenters. The van der Waals surface area contributed by atoms with Crippen LogP contribution in [-0.2, 0) is 7.05 Å². The third kappa shape index (κ3) is 2.27. The van der Waals surface area contributed by atoms with Crippen molar-refractivity contribution in [1.82, 2.24) is 4.57 Å². The number of rotatable bonds is 3. The van der Waals surface area contributed by atoms with Crippen molar-refractivity contribution in [3.05, 3.63) is 59.4 Å². The monoisotopic (exact) mass is 229 g/mol. The summed E-state index contributed by atoms with van der Waals surface area (Å²) in [6, 6.07) is 12.0. The summed E-state index contributed by atoms with van der Waals surface area (Å²) in [6.07, 6.45) is 1.41. The summed E-state index contributed by atoms with van der Waals surface area (Å²) in [5.74, 6) is 0.418. The highest BCUT2D eigenvalue weighted by Gasteiger charge is 2.17. The maximum Gasteiger partial charge on any atom is 0.119 e. The van der Waals surface area contributed by atoms with Gasteiger partial charge in [-0.3, -0.25) is 0 Å². The van der Waals surface area contributed by atoms with Crippen molar-refractivity contribution in [2.75, 3.05) is 0 Å². The molecule has 2 heteroatoms. The zero-order valence-corrected chi connectivity index (χ0v) is 10.6. The number of hydrogen-bond acceptors (Lipinski definition) is 1.